The zero-order valence-electron chi connectivity index (χ0n) is 15.2. The summed E-state index contributed by atoms with van der Waals surface area (Å²) >= 11 is 5.71. The summed E-state index contributed by atoms with van der Waals surface area (Å²) in [6.45, 7) is 0. The second-order valence-corrected chi connectivity index (χ2v) is 6.60. The number of halogens is 9. The Labute approximate surface area is 176 Å². The molecule has 172 valence electrons. The van der Waals surface area contributed by atoms with Gasteiger partial charge in [0.25, 0.3) is 5.89 Å². The topological polar surface area (TPSA) is 94.0 Å². The van der Waals surface area contributed by atoms with Crippen LogP contribution in [-0.4, -0.2) is 37.2 Å². The number of aromatic nitrogens is 4. The molecule has 3 aromatic rings. The fraction of sp³-hybridized carbons (Fsp3) is 0.250. The lowest BCUT2D eigenvalue weighted by molar-refractivity contribution is -0.292. The Morgan fingerprint density at radius 2 is 1.75 bits per heavy atom. The van der Waals surface area contributed by atoms with E-state index in [1.807, 2.05) is 0 Å². The lowest BCUT2D eigenvalue weighted by Crippen LogP contribution is -2.36. The van der Waals surface area contributed by atoms with Crippen molar-refractivity contribution < 1.29 is 49.5 Å². The van der Waals surface area contributed by atoms with Crippen molar-refractivity contribution in [2.24, 2.45) is 7.05 Å². The first-order valence-corrected chi connectivity index (χ1v) is 8.40. The number of aromatic carboxylic acids is 1. The minimum Gasteiger partial charge on any atom is -0.478 e. The molecule has 0 unspecified atom stereocenters. The van der Waals surface area contributed by atoms with Gasteiger partial charge >= 0.3 is 24.2 Å². The van der Waals surface area contributed by atoms with Crippen molar-refractivity contribution in [1.82, 2.24) is 19.9 Å². The molecular formula is C16H7ClF8N4O3. The molecule has 2 aromatic heterocycles. The summed E-state index contributed by atoms with van der Waals surface area (Å²) < 4.78 is 111. The third-order valence-corrected chi connectivity index (χ3v) is 4.40. The fourth-order valence-corrected chi connectivity index (χ4v) is 2.86. The van der Waals surface area contributed by atoms with Crippen molar-refractivity contribution >= 4 is 17.6 Å². The first kappa shape index (κ1) is 23.4. The summed E-state index contributed by atoms with van der Waals surface area (Å²) in [4.78, 5) is 14.7. The van der Waals surface area contributed by atoms with Crippen LogP contribution in [0.3, 0.4) is 0 Å². The number of aryl methyl sites for hydroxylation is 1. The Hall–Kier alpha value is -3.23. The molecule has 16 heteroatoms. The minimum absolute atomic E-state index is 0.0969. The van der Waals surface area contributed by atoms with Gasteiger partial charge in [0.1, 0.15) is 11.3 Å². The van der Waals surface area contributed by atoms with Crippen LogP contribution in [0.25, 0.3) is 23.0 Å². The van der Waals surface area contributed by atoms with E-state index < -0.39 is 58.5 Å². The molecule has 0 aliphatic heterocycles. The number of hydrogen-bond donors (Lipinski definition) is 1. The smallest absolute Gasteiger partial charge is 0.459 e. The predicted octanol–water partition coefficient (Wildman–Crippen LogP) is 5.16. The lowest BCUT2D eigenvalue weighted by atomic mass is 10.1. The van der Waals surface area contributed by atoms with Gasteiger partial charge in [0.05, 0.1) is 10.6 Å². The van der Waals surface area contributed by atoms with Gasteiger partial charge in [0.15, 0.2) is 5.69 Å². The first-order valence-electron chi connectivity index (χ1n) is 8.02. The molecule has 0 aliphatic carbocycles. The Kier molecular flexibility index (Phi) is 5.44. The molecule has 7 nitrogen and oxygen atoms in total. The summed E-state index contributed by atoms with van der Waals surface area (Å²) in [7, 11) is 0.676. The van der Waals surface area contributed by atoms with Gasteiger partial charge in [-0.1, -0.05) is 16.8 Å². The van der Waals surface area contributed by atoms with Crippen LogP contribution >= 0.6 is 11.6 Å². The average molecular weight is 491 g/mol. The van der Waals surface area contributed by atoms with Gasteiger partial charge < -0.3 is 9.63 Å². The normalized spacial score (nSPS) is 12.9. The Morgan fingerprint density at radius 3 is 2.28 bits per heavy atom. The molecule has 0 radical (unpaired) electrons. The van der Waals surface area contributed by atoms with Crippen molar-refractivity contribution in [3.05, 3.63) is 40.0 Å². The van der Waals surface area contributed by atoms with Gasteiger partial charge in [0, 0.05) is 12.6 Å². The molecule has 0 saturated carbocycles. The molecular weight excluding hydrogens is 484 g/mol. The van der Waals surface area contributed by atoms with E-state index in [1.165, 1.54) is 6.07 Å². The van der Waals surface area contributed by atoms with Crippen LogP contribution in [0.1, 0.15) is 21.6 Å². The van der Waals surface area contributed by atoms with Crippen molar-refractivity contribution in [2.45, 2.75) is 18.3 Å². The Morgan fingerprint density at radius 1 is 1.12 bits per heavy atom. The number of rotatable bonds is 4. The standard InChI is InChI=1S/C16H7ClF8N4O3/c1-29-9(8(15(20,21)22)10(27-29)14(18,19)16(23,24)25)12-26-11(28-32-12)5-2-3-7(17)6(4-5)13(30)31/h2-4H,1H3,(H,30,31). The summed E-state index contributed by atoms with van der Waals surface area (Å²) in [6.07, 6.45) is -12.1. The number of alkyl halides is 8. The van der Waals surface area contributed by atoms with E-state index in [2.05, 4.69) is 19.8 Å². The Balaban J connectivity index is 2.20. The molecule has 0 aliphatic rings. The third-order valence-electron chi connectivity index (χ3n) is 4.07. The SMILES string of the molecule is Cn1nc(C(F)(F)C(F)(F)F)c(C(F)(F)F)c1-c1nc(-c2ccc(Cl)c(C(=O)O)c2)no1. The summed E-state index contributed by atoms with van der Waals surface area (Å²) in [5.74, 6) is -8.97. The van der Waals surface area contributed by atoms with E-state index in [0.29, 0.717) is 7.05 Å². The first-order chi connectivity index (χ1) is 14.6. The number of carboxylic acid groups (broad SMARTS) is 1. The molecule has 2 heterocycles. The lowest BCUT2D eigenvalue weighted by Gasteiger charge is -2.19. The van der Waals surface area contributed by atoms with E-state index in [-0.39, 0.29) is 15.3 Å². The van der Waals surface area contributed by atoms with Gasteiger partial charge in [0.2, 0.25) is 5.82 Å². The molecule has 0 spiro atoms. The highest BCUT2D eigenvalue weighted by atomic mass is 35.5. The average Bonchev–Trinajstić information content (AvgIpc) is 3.25. The van der Waals surface area contributed by atoms with E-state index in [0.717, 1.165) is 12.1 Å². The van der Waals surface area contributed by atoms with Crippen molar-refractivity contribution in [3.63, 3.8) is 0 Å². The molecule has 0 fully saturated rings. The number of hydrogen-bond acceptors (Lipinski definition) is 5. The quantitative estimate of drug-likeness (QED) is 0.508. The van der Waals surface area contributed by atoms with E-state index in [4.69, 9.17) is 16.7 Å². The van der Waals surface area contributed by atoms with Crippen LogP contribution in [0, 0.1) is 0 Å². The summed E-state index contributed by atoms with van der Waals surface area (Å²) in [5.41, 5.74) is -6.87. The second-order valence-electron chi connectivity index (χ2n) is 6.19. The van der Waals surface area contributed by atoms with Crippen LogP contribution in [-0.2, 0) is 19.1 Å². The van der Waals surface area contributed by atoms with Crippen LogP contribution in [0.5, 0.6) is 0 Å². The monoisotopic (exact) mass is 490 g/mol. The van der Waals surface area contributed by atoms with Crippen LogP contribution < -0.4 is 0 Å². The van der Waals surface area contributed by atoms with Gasteiger partial charge in [-0.15, -0.1) is 0 Å². The van der Waals surface area contributed by atoms with Crippen LogP contribution in [0.2, 0.25) is 5.02 Å². The summed E-state index contributed by atoms with van der Waals surface area (Å²) in [5, 5.41) is 15.0. The van der Waals surface area contributed by atoms with E-state index in [9.17, 15) is 39.9 Å². The molecule has 0 bridgehead atoms. The minimum atomic E-state index is -6.37. The second kappa shape index (κ2) is 7.43. The number of benzene rings is 1. The van der Waals surface area contributed by atoms with Gasteiger partial charge in [-0.2, -0.15) is 45.2 Å². The van der Waals surface area contributed by atoms with E-state index >= 15 is 0 Å². The van der Waals surface area contributed by atoms with E-state index in [1.54, 1.807) is 0 Å². The highest BCUT2D eigenvalue weighted by Gasteiger charge is 2.64. The zero-order valence-corrected chi connectivity index (χ0v) is 15.9. The van der Waals surface area contributed by atoms with Crippen LogP contribution in [0.15, 0.2) is 22.7 Å². The molecule has 3 rings (SSSR count). The number of carboxylic acids is 1. The zero-order chi connectivity index (χ0) is 24.2. The van der Waals surface area contributed by atoms with Crippen LogP contribution in [0.4, 0.5) is 35.1 Å². The van der Waals surface area contributed by atoms with Crippen molar-refractivity contribution in [3.8, 4) is 23.0 Å². The highest BCUT2D eigenvalue weighted by molar-refractivity contribution is 6.33. The fourth-order valence-electron chi connectivity index (χ4n) is 2.66. The van der Waals surface area contributed by atoms with Gasteiger partial charge in [-0.3, -0.25) is 4.68 Å². The van der Waals surface area contributed by atoms with Gasteiger partial charge in [-0.05, 0) is 18.2 Å². The molecule has 1 aromatic carbocycles. The van der Waals surface area contributed by atoms with Gasteiger partial charge in [-0.25, -0.2) is 4.79 Å². The molecule has 0 amide bonds. The maximum atomic E-state index is 13.8. The molecule has 32 heavy (non-hydrogen) atoms. The summed E-state index contributed by atoms with van der Waals surface area (Å²) in [6, 6.07) is 3.25. The maximum absolute atomic E-state index is 13.8. The largest absolute Gasteiger partial charge is 0.478 e. The predicted molar refractivity (Wildman–Crippen MR) is 88.9 cm³/mol. The number of carbonyl (C=O) groups is 1. The highest BCUT2D eigenvalue weighted by Crippen LogP contribution is 2.50. The van der Waals surface area contributed by atoms with Crippen molar-refractivity contribution in [1.29, 1.82) is 0 Å². The third kappa shape index (κ3) is 3.87. The molecule has 0 atom stereocenters. The Bertz CT molecular complexity index is 1200. The molecule has 1 N–H and O–H groups in total. The number of nitrogens with zero attached hydrogens (tertiary/aromatic N) is 4. The molecule has 0 saturated heterocycles. The maximum Gasteiger partial charge on any atom is 0.459 e. The van der Waals surface area contributed by atoms with Crippen molar-refractivity contribution in [2.75, 3.05) is 0 Å².